The molecular formula is C22H27F18NO4. The molecule has 1 N–H and O–H groups in total. The van der Waals surface area contributed by atoms with Crippen molar-refractivity contribution in [1.29, 1.82) is 0 Å². The lowest BCUT2D eigenvalue weighted by molar-refractivity contribution is -0.467. The van der Waals surface area contributed by atoms with Crippen LogP contribution in [0.5, 0.6) is 0 Å². The summed E-state index contributed by atoms with van der Waals surface area (Å²) in [5, 5.41) is 11.1. The monoisotopic (exact) mass is 711 g/mol. The van der Waals surface area contributed by atoms with Gasteiger partial charge < -0.3 is 19.4 Å². The molecule has 23 heteroatoms. The van der Waals surface area contributed by atoms with Gasteiger partial charge in [-0.3, -0.25) is 0 Å². The van der Waals surface area contributed by atoms with Gasteiger partial charge in [-0.25, -0.2) is 0 Å². The van der Waals surface area contributed by atoms with Gasteiger partial charge in [-0.05, 0) is 40.5 Å². The fraction of sp³-hybridized carbons (Fsp3) is 1.00. The molecule has 0 aliphatic carbocycles. The van der Waals surface area contributed by atoms with Crippen LogP contribution in [0.25, 0.3) is 0 Å². The van der Waals surface area contributed by atoms with E-state index in [1.165, 1.54) is 27.7 Å². The molecule has 0 atom stereocenters. The average Bonchev–Trinajstić information content (AvgIpc) is 2.70. The predicted octanol–water partition coefficient (Wildman–Crippen LogP) is 8.30. The molecule has 1 saturated heterocycles. The van der Waals surface area contributed by atoms with Crippen molar-refractivity contribution in [3.8, 4) is 0 Å². The highest BCUT2D eigenvalue weighted by Crippen LogP contribution is 2.57. The molecule has 0 amide bonds. The van der Waals surface area contributed by atoms with Crippen LogP contribution in [0.15, 0.2) is 0 Å². The number of hydrogen-bond acceptors (Lipinski definition) is 5. The number of nitrogens with zero attached hydrogens (tertiary/aromatic N) is 1. The number of hydrogen-bond donors (Lipinski definition) is 1. The Hall–Kier alpha value is -1.46. The van der Waals surface area contributed by atoms with E-state index in [2.05, 4.69) is 9.47 Å². The van der Waals surface area contributed by atoms with E-state index in [4.69, 9.17) is 4.74 Å². The third kappa shape index (κ3) is 7.82. The van der Waals surface area contributed by atoms with Gasteiger partial charge in [-0.2, -0.15) is 84.1 Å². The normalized spacial score (nSPS) is 20.5. The van der Waals surface area contributed by atoms with E-state index in [-0.39, 0.29) is 19.8 Å². The van der Waals surface area contributed by atoms with E-state index in [0.29, 0.717) is 0 Å². The fourth-order valence-electron chi connectivity index (χ4n) is 4.76. The second-order valence-electron chi connectivity index (χ2n) is 12.0. The van der Waals surface area contributed by atoms with E-state index in [1.54, 1.807) is 0 Å². The van der Waals surface area contributed by atoms with Crippen LogP contribution in [-0.2, 0) is 14.2 Å². The Kier molecular flexibility index (Phi) is 11.0. The molecule has 1 aliphatic heterocycles. The lowest BCUT2D eigenvalue weighted by atomic mass is 9.80. The summed E-state index contributed by atoms with van der Waals surface area (Å²) in [6, 6.07) is 0. The number of halogens is 18. The van der Waals surface area contributed by atoms with Crippen LogP contribution in [0.3, 0.4) is 0 Å². The van der Waals surface area contributed by atoms with Crippen molar-refractivity contribution >= 4 is 0 Å². The van der Waals surface area contributed by atoms with Gasteiger partial charge in [-0.1, -0.05) is 6.92 Å². The molecule has 0 aromatic rings. The summed E-state index contributed by atoms with van der Waals surface area (Å²) in [4.78, 5) is 0. The Bertz CT molecular complexity index is 862. The van der Waals surface area contributed by atoms with Crippen LogP contribution in [-0.4, -0.2) is 95.5 Å². The number of rotatable bonds is 9. The second kappa shape index (κ2) is 11.9. The molecule has 1 aliphatic rings. The lowest BCUT2D eigenvalue weighted by Crippen LogP contribution is -2.69. The zero-order valence-electron chi connectivity index (χ0n) is 23.5. The second-order valence-corrected chi connectivity index (χ2v) is 12.0. The number of alkyl halides is 18. The molecule has 270 valence electrons. The van der Waals surface area contributed by atoms with Gasteiger partial charge in [0, 0.05) is 16.5 Å². The topological polar surface area (TPSA) is 51.2 Å². The van der Waals surface area contributed by atoms with Crippen molar-refractivity contribution in [3.05, 3.63) is 0 Å². The number of hydroxylamine groups is 2. The maximum Gasteiger partial charge on any atom is 0.435 e. The first-order valence-corrected chi connectivity index (χ1v) is 12.1. The molecule has 0 spiro atoms. The maximum atomic E-state index is 13.4. The average molecular weight is 711 g/mol. The fourth-order valence-corrected chi connectivity index (χ4v) is 4.76. The van der Waals surface area contributed by atoms with Crippen molar-refractivity contribution in [2.45, 2.75) is 113 Å². The van der Waals surface area contributed by atoms with Crippen LogP contribution in [0.4, 0.5) is 79.0 Å². The van der Waals surface area contributed by atoms with Crippen molar-refractivity contribution in [3.63, 3.8) is 0 Å². The summed E-state index contributed by atoms with van der Waals surface area (Å²) in [5.74, 6) is 0. The Morgan fingerprint density at radius 1 is 0.533 bits per heavy atom. The molecule has 0 aromatic carbocycles. The van der Waals surface area contributed by atoms with Crippen molar-refractivity contribution in [1.82, 2.24) is 5.06 Å². The third-order valence-electron chi connectivity index (χ3n) is 6.94. The highest BCUT2D eigenvalue weighted by Gasteiger charge is 2.87. The predicted molar refractivity (Wildman–Crippen MR) is 113 cm³/mol. The largest absolute Gasteiger partial charge is 0.435 e. The van der Waals surface area contributed by atoms with Crippen LogP contribution in [0.2, 0.25) is 0 Å². The summed E-state index contributed by atoms with van der Waals surface area (Å²) >= 11 is 0. The van der Waals surface area contributed by atoms with E-state index in [0.717, 1.165) is 5.06 Å². The Morgan fingerprint density at radius 3 is 1.00 bits per heavy atom. The van der Waals surface area contributed by atoms with Crippen LogP contribution < -0.4 is 0 Å². The van der Waals surface area contributed by atoms with Crippen molar-refractivity contribution in [2.75, 3.05) is 19.8 Å². The van der Waals surface area contributed by atoms with Gasteiger partial charge in [0.05, 0.1) is 25.9 Å². The molecule has 1 fully saturated rings. The molecule has 0 saturated carbocycles. The number of ether oxygens (including phenoxy) is 3. The van der Waals surface area contributed by atoms with Gasteiger partial charge in [0.2, 0.25) is 0 Å². The molecule has 5 nitrogen and oxygen atoms in total. The van der Waals surface area contributed by atoms with Gasteiger partial charge in [0.25, 0.3) is 0 Å². The van der Waals surface area contributed by atoms with Gasteiger partial charge >= 0.3 is 48.3 Å². The first-order chi connectivity index (χ1) is 19.4. The first-order valence-electron chi connectivity index (χ1n) is 12.1. The van der Waals surface area contributed by atoms with Crippen LogP contribution in [0, 0.1) is 5.41 Å². The first kappa shape index (κ1) is 41.6. The smallest absolute Gasteiger partial charge is 0.377 e. The number of piperidine rings is 1. The van der Waals surface area contributed by atoms with Gasteiger partial charge in [0.1, 0.15) is 0 Å². The highest BCUT2D eigenvalue weighted by molar-refractivity contribution is 5.05. The Labute approximate surface area is 242 Å². The SMILES string of the molecule is CC(COC1CC(C)(C)N(O)C(C)(C)C1)(COC(C(F)(F)F)(C(F)(F)F)C(F)(F)F)COC(C(F)(F)F)(C(F)(F)F)C(F)(F)F. The minimum Gasteiger partial charge on any atom is -0.377 e. The summed E-state index contributed by atoms with van der Waals surface area (Å²) in [5.41, 5.74) is -20.2. The van der Waals surface area contributed by atoms with E-state index in [9.17, 15) is 84.2 Å². The molecule has 1 heterocycles. The van der Waals surface area contributed by atoms with Gasteiger partial charge in [-0.15, -0.1) is 0 Å². The minimum atomic E-state index is -7.41. The zero-order valence-corrected chi connectivity index (χ0v) is 23.5. The van der Waals surface area contributed by atoms with Crippen molar-refractivity contribution in [2.24, 2.45) is 5.41 Å². The minimum absolute atomic E-state index is 0.0895. The molecule has 0 bridgehead atoms. The lowest BCUT2D eigenvalue weighted by Gasteiger charge is -2.51. The van der Waals surface area contributed by atoms with E-state index in [1.807, 2.05) is 0 Å². The molecule has 45 heavy (non-hydrogen) atoms. The van der Waals surface area contributed by atoms with Crippen LogP contribution in [0.1, 0.15) is 47.5 Å². The quantitative estimate of drug-likeness (QED) is 0.244. The molecule has 0 unspecified atom stereocenters. The Balaban J connectivity index is 3.74. The van der Waals surface area contributed by atoms with E-state index < -0.39 is 90.7 Å². The Morgan fingerprint density at radius 2 is 0.778 bits per heavy atom. The molecular weight excluding hydrogens is 684 g/mol. The highest BCUT2D eigenvalue weighted by atomic mass is 19.4. The van der Waals surface area contributed by atoms with Crippen molar-refractivity contribution < 1.29 is 98.4 Å². The van der Waals surface area contributed by atoms with Crippen LogP contribution >= 0.6 is 0 Å². The van der Waals surface area contributed by atoms with E-state index >= 15 is 0 Å². The molecule has 1 rings (SSSR count). The summed E-state index contributed by atoms with van der Waals surface area (Å²) < 4.78 is 252. The maximum absolute atomic E-state index is 13.4. The van der Waals surface area contributed by atoms with Gasteiger partial charge in [0.15, 0.2) is 0 Å². The summed E-state index contributed by atoms with van der Waals surface area (Å²) in [7, 11) is 0. The third-order valence-corrected chi connectivity index (χ3v) is 6.94. The molecule has 0 aromatic heterocycles. The zero-order chi connectivity index (χ0) is 36.3. The summed E-state index contributed by atoms with van der Waals surface area (Å²) in [6.07, 6.45) is -46.4. The summed E-state index contributed by atoms with van der Waals surface area (Å²) in [6.45, 7) is -1.69. The standard InChI is InChI=1S/C22H27F18NO4/c1-12(2)6-11(7-13(3,4)41(12)42)43-8-14(5,9-44-15(17(23,24)25,18(26,27)28)19(29,30)31)10-45-16(20(32,33)34,21(35,36)37)22(38,39)40/h11,42H,6-10H2,1-5H3. The molecule has 0 radical (unpaired) electrons.